The molecule has 1 heterocycles. The number of benzene rings is 1. The molecule has 3 heteroatoms. The van der Waals surface area contributed by atoms with Gasteiger partial charge in [0.05, 0.1) is 5.52 Å². The van der Waals surface area contributed by atoms with Crippen LogP contribution in [0.5, 0.6) is 5.75 Å². The summed E-state index contributed by atoms with van der Waals surface area (Å²) in [6, 6.07) is 6.91. The Balaban J connectivity index is 1.53. The number of allylic oxidation sites excluding steroid dienone is 12. The highest BCUT2D eigenvalue weighted by molar-refractivity contribution is 5.93. The third-order valence-electron chi connectivity index (χ3n) is 5.06. The van der Waals surface area contributed by atoms with E-state index in [-0.39, 0.29) is 11.7 Å². The SMILES string of the molecule is CCC=CCC=CCC=CCC=CCC=CCC=CCCC(=O)n1ccc2cc(O)ccc21. The van der Waals surface area contributed by atoms with Crippen molar-refractivity contribution in [2.75, 3.05) is 0 Å². The van der Waals surface area contributed by atoms with E-state index in [0.717, 1.165) is 55.8 Å². The van der Waals surface area contributed by atoms with Crippen LogP contribution in [0.4, 0.5) is 0 Å². The van der Waals surface area contributed by atoms with E-state index >= 15 is 0 Å². The Morgan fingerprint density at radius 2 is 1.27 bits per heavy atom. The van der Waals surface area contributed by atoms with Crippen molar-refractivity contribution in [2.45, 2.75) is 58.3 Å². The van der Waals surface area contributed by atoms with Gasteiger partial charge in [-0.25, -0.2) is 0 Å². The Morgan fingerprint density at radius 1 is 0.758 bits per heavy atom. The molecule has 1 aromatic carbocycles. The summed E-state index contributed by atoms with van der Waals surface area (Å²) < 4.78 is 1.66. The zero-order chi connectivity index (χ0) is 23.6. The van der Waals surface area contributed by atoms with Crippen molar-refractivity contribution in [1.29, 1.82) is 0 Å². The molecular weight excluding hydrogens is 406 g/mol. The number of carbonyl (C=O) groups excluding carboxylic acids is 1. The maximum absolute atomic E-state index is 12.4. The molecule has 0 saturated heterocycles. The quantitative estimate of drug-likeness (QED) is 0.298. The predicted molar refractivity (Wildman–Crippen MR) is 142 cm³/mol. The molecule has 0 bridgehead atoms. The van der Waals surface area contributed by atoms with Crippen LogP contribution in [-0.4, -0.2) is 15.6 Å². The minimum Gasteiger partial charge on any atom is -0.508 e. The minimum atomic E-state index is 0.0650. The third kappa shape index (κ3) is 10.7. The second kappa shape index (κ2) is 16.3. The molecular formula is C30H37NO2. The average Bonchev–Trinajstić information content (AvgIpc) is 3.23. The van der Waals surface area contributed by atoms with E-state index in [0.29, 0.717) is 6.42 Å². The highest BCUT2D eigenvalue weighted by Crippen LogP contribution is 2.21. The van der Waals surface area contributed by atoms with Gasteiger partial charge in [0.2, 0.25) is 5.91 Å². The molecule has 0 aliphatic carbocycles. The number of hydrogen-bond donors (Lipinski definition) is 1. The zero-order valence-electron chi connectivity index (χ0n) is 19.8. The molecule has 1 aromatic heterocycles. The standard InChI is InChI=1S/C30H37NO2/c1-2-3-4-5-6-7-8-9-10-11-12-13-14-15-16-17-18-19-20-21-30(33)31-25-24-27-26-28(32)22-23-29(27)31/h3-4,6-7,9-10,12-13,15-16,18-19,22-26,32H,2,5,8,11,14,17,20-21H2,1H3. The van der Waals surface area contributed by atoms with Gasteiger partial charge in [-0.3, -0.25) is 9.36 Å². The summed E-state index contributed by atoms with van der Waals surface area (Å²) in [6.07, 6.45) is 35.0. The minimum absolute atomic E-state index is 0.0650. The van der Waals surface area contributed by atoms with Crippen LogP contribution in [0.2, 0.25) is 0 Å². The summed E-state index contributed by atoms with van der Waals surface area (Å²) in [6.45, 7) is 2.15. The van der Waals surface area contributed by atoms with Crippen LogP contribution in [0.1, 0.15) is 63.1 Å². The lowest BCUT2D eigenvalue weighted by molar-refractivity contribution is 0.0909. The number of aromatic hydroxyl groups is 1. The van der Waals surface area contributed by atoms with Gasteiger partial charge < -0.3 is 5.11 Å². The fourth-order valence-electron chi connectivity index (χ4n) is 3.31. The van der Waals surface area contributed by atoms with Crippen LogP contribution in [0.15, 0.2) is 103 Å². The molecule has 0 atom stereocenters. The monoisotopic (exact) mass is 443 g/mol. The van der Waals surface area contributed by atoms with Crippen molar-refractivity contribution in [3.63, 3.8) is 0 Å². The smallest absolute Gasteiger partial charge is 0.231 e. The molecule has 2 rings (SSSR count). The Kier molecular flexibility index (Phi) is 12.8. The molecule has 0 aliphatic heterocycles. The number of nitrogens with zero attached hydrogens (tertiary/aromatic N) is 1. The Labute approximate surface area is 198 Å². The second-order valence-electron chi connectivity index (χ2n) is 7.78. The van der Waals surface area contributed by atoms with Crippen molar-refractivity contribution in [1.82, 2.24) is 4.57 Å². The van der Waals surface area contributed by atoms with E-state index in [1.165, 1.54) is 0 Å². The molecule has 2 aromatic rings. The Bertz CT molecular complexity index is 1020. The molecule has 1 N–H and O–H groups in total. The van der Waals surface area contributed by atoms with Gasteiger partial charge in [0.25, 0.3) is 0 Å². The van der Waals surface area contributed by atoms with Crippen molar-refractivity contribution in [3.8, 4) is 5.75 Å². The fraction of sp³-hybridized carbons (Fsp3) is 0.300. The van der Waals surface area contributed by atoms with Crippen LogP contribution in [0.25, 0.3) is 10.9 Å². The van der Waals surface area contributed by atoms with Crippen molar-refractivity contribution in [3.05, 3.63) is 103 Å². The largest absolute Gasteiger partial charge is 0.508 e. The molecule has 0 unspecified atom stereocenters. The number of phenolic OH excluding ortho intramolecular Hbond substituents is 1. The van der Waals surface area contributed by atoms with E-state index in [9.17, 15) is 9.90 Å². The van der Waals surface area contributed by atoms with E-state index in [4.69, 9.17) is 0 Å². The van der Waals surface area contributed by atoms with Gasteiger partial charge in [0, 0.05) is 18.0 Å². The molecule has 0 amide bonds. The van der Waals surface area contributed by atoms with Gasteiger partial charge in [-0.15, -0.1) is 0 Å². The summed E-state index contributed by atoms with van der Waals surface area (Å²) in [4.78, 5) is 12.4. The number of carbonyl (C=O) groups is 1. The summed E-state index contributed by atoms with van der Waals surface area (Å²) >= 11 is 0. The first-order valence-electron chi connectivity index (χ1n) is 12.0. The Hall–Kier alpha value is -3.33. The lowest BCUT2D eigenvalue weighted by Gasteiger charge is -2.03. The number of fused-ring (bicyclic) bond motifs is 1. The number of rotatable bonds is 14. The van der Waals surface area contributed by atoms with Crippen molar-refractivity contribution in [2.24, 2.45) is 0 Å². The Morgan fingerprint density at radius 3 is 1.82 bits per heavy atom. The molecule has 33 heavy (non-hydrogen) atoms. The average molecular weight is 444 g/mol. The first-order chi connectivity index (χ1) is 16.2. The van der Waals surface area contributed by atoms with Crippen LogP contribution < -0.4 is 0 Å². The van der Waals surface area contributed by atoms with Gasteiger partial charge in [-0.2, -0.15) is 0 Å². The van der Waals surface area contributed by atoms with Crippen LogP contribution in [0, 0.1) is 0 Å². The summed E-state index contributed by atoms with van der Waals surface area (Å²) in [5, 5.41) is 10.4. The molecule has 3 nitrogen and oxygen atoms in total. The van der Waals surface area contributed by atoms with Crippen molar-refractivity contribution < 1.29 is 9.90 Å². The molecule has 174 valence electrons. The molecule has 0 radical (unpaired) electrons. The summed E-state index contributed by atoms with van der Waals surface area (Å²) in [5.74, 6) is 0.279. The lowest BCUT2D eigenvalue weighted by Crippen LogP contribution is -2.08. The van der Waals surface area contributed by atoms with E-state index in [1.54, 1.807) is 29.0 Å². The van der Waals surface area contributed by atoms with Gasteiger partial charge in [0.15, 0.2) is 0 Å². The molecule has 0 saturated carbocycles. The predicted octanol–water partition coefficient (Wildman–Crippen LogP) is 8.47. The third-order valence-corrected chi connectivity index (χ3v) is 5.06. The fourth-order valence-corrected chi connectivity index (χ4v) is 3.31. The van der Waals surface area contributed by atoms with Crippen LogP contribution >= 0.6 is 0 Å². The highest BCUT2D eigenvalue weighted by Gasteiger charge is 2.08. The summed E-state index contributed by atoms with van der Waals surface area (Å²) in [7, 11) is 0. The molecule has 0 fully saturated rings. The second-order valence-corrected chi connectivity index (χ2v) is 7.78. The molecule has 0 spiro atoms. The van der Waals surface area contributed by atoms with Gasteiger partial charge in [0.1, 0.15) is 5.75 Å². The number of phenols is 1. The zero-order valence-corrected chi connectivity index (χ0v) is 19.8. The van der Waals surface area contributed by atoms with Crippen molar-refractivity contribution >= 4 is 16.8 Å². The lowest BCUT2D eigenvalue weighted by atomic mass is 10.2. The highest BCUT2D eigenvalue weighted by atomic mass is 16.3. The van der Waals surface area contributed by atoms with Crippen LogP contribution in [0.3, 0.4) is 0 Å². The molecule has 0 aliphatic rings. The van der Waals surface area contributed by atoms with Gasteiger partial charge >= 0.3 is 0 Å². The number of hydrogen-bond acceptors (Lipinski definition) is 2. The number of aromatic nitrogens is 1. The normalized spacial score (nSPS) is 12.9. The van der Waals surface area contributed by atoms with Gasteiger partial charge in [-0.1, -0.05) is 79.8 Å². The van der Waals surface area contributed by atoms with Crippen LogP contribution in [-0.2, 0) is 0 Å². The first kappa shape index (κ1) is 25.9. The van der Waals surface area contributed by atoms with E-state index in [1.807, 2.05) is 6.07 Å². The maximum Gasteiger partial charge on any atom is 0.231 e. The van der Waals surface area contributed by atoms with E-state index < -0.39 is 0 Å². The summed E-state index contributed by atoms with van der Waals surface area (Å²) in [5.41, 5.74) is 0.834. The van der Waals surface area contributed by atoms with Gasteiger partial charge in [-0.05, 0) is 69.2 Å². The van der Waals surface area contributed by atoms with E-state index in [2.05, 4.69) is 79.8 Å². The topological polar surface area (TPSA) is 42.2 Å². The first-order valence-corrected chi connectivity index (χ1v) is 12.0. The maximum atomic E-state index is 12.4.